The van der Waals surface area contributed by atoms with Crippen LogP contribution in [0.5, 0.6) is 0 Å². The number of allylic oxidation sites excluding steroid dienone is 1. The van der Waals surface area contributed by atoms with Gasteiger partial charge in [0.15, 0.2) is 0 Å². The summed E-state index contributed by atoms with van der Waals surface area (Å²) in [5.41, 5.74) is 12.3. The lowest BCUT2D eigenvalue weighted by atomic mass is 9.90. The summed E-state index contributed by atoms with van der Waals surface area (Å²) in [6.45, 7) is 8.38. The summed E-state index contributed by atoms with van der Waals surface area (Å²) in [6, 6.07) is 0. The number of hydrogen-bond donors (Lipinski definition) is 2. The van der Waals surface area contributed by atoms with Crippen LogP contribution < -0.4 is 11.5 Å². The third kappa shape index (κ3) is 2.16. The fraction of sp³-hybridized carbons (Fsp3) is 0.636. The van der Waals surface area contributed by atoms with E-state index in [0.29, 0.717) is 0 Å². The SMILES string of the molecule is CCN(CC)C1=CC(C)C(N)(N)C=C1. The number of likely N-dealkylation sites (N-methyl/N-ethyl adjacent to an activating group) is 1. The summed E-state index contributed by atoms with van der Waals surface area (Å²) < 4.78 is 0. The third-order valence-electron chi connectivity index (χ3n) is 2.88. The molecule has 1 atom stereocenters. The van der Waals surface area contributed by atoms with Gasteiger partial charge in [0.25, 0.3) is 0 Å². The molecule has 0 heterocycles. The minimum absolute atomic E-state index is 0.183. The first-order valence-electron chi connectivity index (χ1n) is 5.25. The Labute approximate surface area is 86.4 Å². The molecule has 4 N–H and O–H groups in total. The molecule has 0 radical (unpaired) electrons. The van der Waals surface area contributed by atoms with E-state index in [1.165, 1.54) is 5.70 Å². The summed E-state index contributed by atoms with van der Waals surface area (Å²) >= 11 is 0. The zero-order chi connectivity index (χ0) is 10.8. The first kappa shape index (κ1) is 11.3. The van der Waals surface area contributed by atoms with Crippen molar-refractivity contribution in [2.75, 3.05) is 13.1 Å². The van der Waals surface area contributed by atoms with Gasteiger partial charge in [-0.25, -0.2) is 0 Å². The van der Waals surface area contributed by atoms with Crippen LogP contribution in [0.3, 0.4) is 0 Å². The average molecular weight is 195 g/mol. The maximum atomic E-state index is 5.89. The van der Waals surface area contributed by atoms with Gasteiger partial charge in [0.2, 0.25) is 0 Å². The van der Waals surface area contributed by atoms with Gasteiger partial charge in [-0.15, -0.1) is 0 Å². The van der Waals surface area contributed by atoms with Gasteiger partial charge in [0, 0.05) is 24.7 Å². The van der Waals surface area contributed by atoms with Crippen molar-refractivity contribution in [1.29, 1.82) is 0 Å². The lowest BCUT2D eigenvalue weighted by Gasteiger charge is -2.33. The maximum absolute atomic E-state index is 5.89. The molecular weight excluding hydrogens is 174 g/mol. The molecule has 0 saturated heterocycles. The largest absolute Gasteiger partial charge is 0.372 e. The molecule has 0 bridgehead atoms. The summed E-state index contributed by atoms with van der Waals surface area (Å²) in [7, 11) is 0. The minimum Gasteiger partial charge on any atom is -0.372 e. The molecule has 14 heavy (non-hydrogen) atoms. The van der Waals surface area contributed by atoms with Crippen LogP contribution in [0.4, 0.5) is 0 Å². The van der Waals surface area contributed by atoms with Gasteiger partial charge >= 0.3 is 0 Å². The molecule has 1 unspecified atom stereocenters. The molecule has 0 amide bonds. The lowest BCUT2D eigenvalue weighted by Crippen LogP contribution is -2.53. The van der Waals surface area contributed by atoms with Crippen LogP contribution in [0.15, 0.2) is 23.9 Å². The zero-order valence-corrected chi connectivity index (χ0v) is 9.33. The molecule has 0 aliphatic heterocycles. The van der Waals surface area contributed by atoms with Crippen LogP contribution in [0.2, 0.25) is 0 Å². The summed E-state index contributed by atoms with van der Waals surface area (Å²) in [4.78, 5) is 2.29. The van der Waals surface area contributed by atoms with Crippen LogP contribution >= 0.6 is 0 Å². The number of hydrogen-bond acceptors (Lipinski definition) is 3. The van der Waals surface area contributed by atoms with Gasteiger partial charge in [-0.05, 0) is 26.0 Å². The van der Waals surface area contributed by atoms with Crippen LogP contribution in [0.25, 0.3) is 0 Å². The van der Waals surface area contributed by atoms with E-state index >= 15 is 0 Å². The van der Waals surface area contributed by atoms with E-state index in [1.54, 1.807) is 0 Å². The van der Waals surface area contributed by atoms with E-state index in [4.69, 9.17) is 11.5 Å². The number of nitrogens with zero attached hydrogens (tertiary/aromatic N) is 1. The molecule has 1 rings (SSSR count). The lowest BCUT2D eigenvalue weighted by molar-refractivity contribution is 0.365. The van der Waals surface area contributed by atoms with Gasteiger partial charge in [-0.3, -0.25) is 0 Å². The number of nitrogens with two attached hydrogens (primary N) is 2. The molecule has 0 spiro atoms. The van der Waals surface area contributed by atoms with Crippen molar-refractivity contribution >= 4 is 0 Å². The minimum atomic E-state index is -0.684. The standard InChI is InChI=1S/C11H21N3/c1-4-14(5-2)10-6-7-11(12,13)9(3)8-10/h6-9H,4-5,12-13H2,1-3H3. The molecule has 0 saturated carbocycles. The maximum Gasteiger partial charge on any atom is 0.0894 e. The quantitative estimate of drug-likeness (QED) is 0.661. The Hall–Kier alpha value is -0.800. The van der Waals surface area contributed by atoms with Crippen LogP contribution in [-0.4, -0.2) is 23.7 Å². The third-order valence-corrected chi connectivity index (χ3v) is 2.88. The predicted molar refractivity (Wildman–Crippen MR) is 60.4 cm³/mol. The smallest absolute Gasteiger partial charge is 0.0894 e. The van der Waals surface area contributed by atoms with E-state index in [2.05, 4.69) is 24.8 Å². The zero-order valence-electron chi connectivity index (χ0n) is 9.33. The molecular formula is C11H21N3. The highest BCUT2D eigenvalue weighted by Gasteiger charge is 2.26. The van der Waals surface area contributed by atoms with E-state index in [9.17, 15) is 0 Å². The van der Waals surface area contributed by atoms with Crippen molar-refractivity contribution in [3.63, 3.8) is 0 Å². The molecule has 3 nitrogen and oxygen atoms in total. The van der Waals surface area contributed by atoms with Gasteiger partial charge in [-0.2, -0.15) is 0 Å². The Morgan fingerprint density at radius 1 is 1.36 bits per heavy atom. The number of rotatable bonds is 3. The normalized spacial score (nSPS) is 24.6. The van der Waals surface area contributed by atoms with Crippen molar-refractivity contribution in [3.05, 3.63) is 23.9 Å². The fourth-order valence-electron chi connectivity index (χ4n) is 1.64. The Morgan fingerprint density at radius 2 is 1.93 bits per heavy atom. The first-order chi connectivity index (χ1) is 6.51. The fourth-order valence-corrected chi connectivity index (χ4v) is 1.64. The van der Waals surface area contributed by atoms with E-state index in [-0.39, 0.29) is 5.92 Å². The second kappa shape index (κ2) is 4.15. The Morgan fingerprint density at radius 3 is 2.36 bits per heavy atom. The van der Waals surface area contributed by atoms with Crippen molar-refractivity contribution in [2.45, 2.75) is 26.4 Å². The Balaban J connectivity index is 2.81. The van der Waals surface area contributed by atoms with Gasteiger partial charge in [-0.1, -0.05) is 13.0 Å². The molecule has 1 aliphatic carbocycles. The van der Waals surface area contributed by atoms with Gasteiger partial charge < -0.3 is 16.4 Å². The van der Waals surface area contributed by atoms with Crippen LogP contribution in [0.1, 0.15) is 20.8 Å². The van der Waals surface area contributed by atoms with Crippen LogP contribution in [0, 0.1) is 5.92 Å². The Kier molecular flexibility index (Phi) is 3.34. The summed E-state index contributed by atoms with van der Waals surface area (Å²) in [5, 5.41) is 0. The first-order valence-corrected chi connectivity index (χ1v) is 5.25. The highest BCUT2D eigenvalue weighted by molar-refractivity contribution is 5.29. The van der Waals surface area contributed by atoms with Crippen molar-refractivity contribution in [3.8, 4) is 0 Å². The average Bonchev–Trinajstić information content (AvgIpc) is 2.13. The van der Waals surface area contributed by atoms with Gasteiger partial charge in [0.1, 0.15) is 0 Å². The van der Waals surface area contributed by atoms with Crippen molar-refractivity contribution in [1.82, 2.24) is 4.90 Å². The second-order valence-corrected chi connectivity index (χ2v) is 3.89. The molecule has 0 aromatic rings. The topological polar surface area (TPSA) is 55.3 Å². The summed E-state index contributed by atoms with van der Waals surface area (Å²) in [6.07, 6.45) is 6.06. The highest BCUT2D eigenvalue weighted by Crippen LogP contribution is 2.22. The van der Waals surface area contributed by atoms with Crippen molar-refractivity contribution in [2.24, 2.45) is 17.4 Å². The molecule has 3 heteroatoms. The van der Waals surface area contributed by atoms with E-state index in [0.717, 1.165) is 13.1 Å². The molecule has 0 aromatic carbocycles. The highest BCUT2D eigenvalue weighted by atomic mass is 15.1. The van der Waals surface area contributed by atoms with Crippen molar-refractivity contribution < 1.29 is 0 Å². The predicted octanol–water partition coefficient (Wildman–Crippen LogP) is 1.03. The second-order valence-electron chi connectivity index (χ2n) is 3.89. The van der Waals surface area contributed by atoms with Gasteiger partial charge in [0.05, 0.1) is 5.66 Å². The van der Waals surface area contributed by atoms with E-state index in [1.807, 2.05) is 19.1 Å². The molecule has 1 aliphatic rings. The molecule has 0 aromatic heterocycles. The van der Waals surface area contributed by atoms with Crippen LogP contribution in [-0.2, 0) is 0 Å². The molecule has 80 valence electrons. The summed E-state index contributed by atoms with van der Waals surface area (Å²) in [5.74, 6) is 0.183. The monoisotopic (exact) mass is 195 g/mol. The van der Waals surface area contributed by atoms with E-state index < -0.39 is 5.66 Å². The Bertz CT molecular complexity index is 249. The molecule has 0 fully saturated rings.